The van der Waals surface area contributed by atoms with Crippen LogP contribution < -0.4 is 40.9 Å². The monoisotopic (exact) mass is 1810 g/mol. The Bertz CT molecular complexity index is 5500. The quantitative estimate of drug-likeness (QED) is 0.0231. The van der Waals surface area contributed by atoms with E-state index in [1.54, 1.807) is 6.07 Å². The average Bonchev–Trinajstić information content (AvgIpc) is 1.67. The molecule has 0 aliphatic carbocycles. The third-order valence-electron chi connectivity index (χ3n) is 31.2. The number of nitrogens with one attached hydrogen (secondary N) is 8. The minimum atomic E-state index is -0.208. The van der Waals surface area contributed by atoms with Gasteiger partial charge in [0, 0.05) is 299 Å². The van der Waals surface area contributed by atoms with Crippen LogP contribution in [0, 0.1) is 12.7 Å². The number of hydrogen-bond donors (Lipinski definition) is 8. The van der Waals surface area contributed by atoms with Crippen LogP contribution in [0.15, 0.2) is 206 Å². The summed E-state index contributed by atoms with van der Waals surface area (Å²) in [5, 5.41) is 20.4. The summed E-state index contributed by atoms with van der Waals surface area (Å²) in [6.45, 7) is 52.4. The zero-order valence-electron chi connectivity index (χ0n) is 82.6. The fraction of sp³-hybridized carbons (Fsp3) is 0.509. The molecule has 716 valence electrons. The van der Waals surface area contributed by atoms with Crippen molar-refractivity contribution in [2.45, 2.75) is 193 Å². The number of benzene rings is 8. The number of hydrogen-bond acceptors (Lipinski definition) is 15. The van der Waals surface area contributed by atoms with Gasteiger partial charge < -0.3 is 75.5 Å². The van der Waals surface area contributed by atoms with Crippen molar-refractivity contribution in [1.29, 1.82) is 0 Å². The first kappa shape index (κ1) is 96.3. The van der Waals surface area contributed by atoms with Crippen LogP contribution in [0.3, 0.4) is 0 Å². The van der Waals surface area contributed by atoms with Crippen LogP contribution >= 0.6 is 0 Å². The number of aryl methyl sites for hydroxylation is 1. The lowest BCUT2D eigenvalue weighted by molar-refractivity contribution is 0.0595. The highest BCUT2D eigenvalue weighted by atomic mass is 19.1. The van der Waals surface area contributed by atoms with Crippen LogP contribution in [-0.2, 0) is 0 Å². The van der Waals surface area contributed by atoms with Gasteiger partial charge in [-0.3, -0.25) is 19.6 Å². The van der Waals surface area contributed by atoms with Gasteiger partial charge in [-0.25, -0.2) is 4.39 Å². The van der Waals surface area contributed by atoms with E-state index >= 15 is 0 Å². The highest BCUT2D eigenvalue weighted by Gasteiger charge is 2.33. The summed E-state index contributed by atoms with van der Waals surface area (Å²) in [4.78, 5) is 42.5. The van der Waals surface area contributed by atoms with E-state index in [1.165, 1.54) is 276 Å². The van der Waals surface area contributed by atoms with Gasteiger partial charge in [0.1, 0.15) is 5.82 Å². The topological polar surface area (TPSA) is 147 Å². The van der Waals surface area contributed by atoms with E-state index in [0.717, 1.165) is 107 Å². The van der Waals surface area contributed by atoms with Crippen molar-refractivity contribution in [3.8, 4) is 45.0 Å². The number of piperidine rings is 5. The molecule has 8 aromatic carbocycles. The Kier molecular flexibility index (Phi) is 33.2. The van der Waals surface area contributed by atoms with E-state index in [2.05, 4.69) is 353 Å². The predicted octanol–water partition coefficient (Wildman–Crippen LogP) is 19.8. The molecule has 0 spiro atoms. The van der Waals surface area contributed by atoms with Gasteiger partial charge in [-0.2, -0.15) is 0 Å². The zero-order valence-corrected chi connectivity index (χ0v) is 82.6. The molecule has 8 N–H and O–H groups in total. The Morgan fingerprint density at radius 1 is 0.358 bits per heavy atom. The minimum absolute atomic E-state index is 0.208. The Morgan fingerprint density at radius 2 is 0.754 bits per heavy atom. The Hall–Kier alpha value is -9.39. The molecule has 12 heterocycles. The Labute approximate surface area is 800 Å². The third kappa shape index (κ3) is 25.5. The van der Waals surface area contributed by atoms with Crippen molar-refractivity contribution in [2.24, 2.45) is 0 Å². The molecule has 8 fully saturated rings. The maximum Gasteiger partial charge on any atom is 0.125 e. The fourth-order valence-corrected chi connectivity index (χ4v) is 22.0. The highest BCUT2D eigenvalue weighted by molar-refractivity contribution is 5.90. The van der Waals surface area contributed by atoms with Crippen LogP contribution in [0.25, 0.3) is 88.6 Å². The number of nitrogens with zero attached hydrogens (tertiary/aromatic N) is 11. The molecule has 1 unspecified atom stereocenters. The summed E-state index contributed by atoms with van der Waals surface area (Å²) >= 11 is 0. The summed E-state index contributed by atoms with van der Waals surface area (Å²) in [7, 11) is 2.23. The van der Waals surface area contributed by atoms with Crippen LogP contribution in [0.4, 0.5) is 27.1 Å². The SMILES string of the molecule is CC(C)N1CCN(CCNC2CCN(c3cccc(-c4cc5ccc(F)cc5[nH]4)c3)CC2)CC1.CCC(C)N1CCN(CCCNC2CCN(c3cccc(-c4cc5ccccc5[nH]4)c3)CC2)CC1.CN1CCN(C(C)(C)CNC2CCN(c3cccc(-c4cc5ccccc5[nH]4)c3)CC2)CC1.Cc1ccc(N2CCC(NC3CCN(C(C)C)CC3)CC2)cc1-c1cc2ccccc2[nH]1. The number of fused-ring (bicyclic) bond motifs is 4. The first-order chi connectivity index (χ1) is 65.3. The van der Waals surface area contributed by atoms with Crippen LogP contribution in [0.2, 0.25) is 0 Å². The minimum Gasteiger partial charge on any atom is -0.371 e. The van der Waals surface area contributed by atoms with E-state index in [-0.39, 0.29) is 11.4 Å². The number of aromatic amines is 4. The van der Waals surface area contributed by atoms with Crippen molar-refractivity contribution in [2.75, 3.05) is 203 Å². The van der Waals surface area contributed by atoms with Gasteiger partial charge >= 0.3 is 0 Å². The Morgan fingerprint density at radius 3 is 1.22 bits per heavy atom. The lowest BCUT2D eigenvalue weighted by Gasteiger charge is -2.44. The van der Waals surface area contributed by atoms with Gasteiger partial charge in [-0.05, 0) is 297 Å². The molecule has 0 saturated carbocycles. The number of likely N-dealkylation sites (tertiary alicyclic amines) is 1. The summed E-state index contributed by atoms with van der Waals surface area (Å²) < 4.78 is 13.6. The summed E-state index contributed by atoms with van der Waals surface area (Å²) in [6, 6.07) is 78.4. The summed E-state index contributed by atoms with van der Waals surface area (Å²) in [5.74, 6) is -0.208. The smallest absolute Gasteiger partial charge is 0.125 e. The molecule has 20 rings (SSSR count). The summed E-state index contributed by atoms with van der Waals surface area (Å²) in [5.41, 5.74) is 20.9. The molecule has 4 aromatic heterocycles. The van der Waals surface area contributed by atoms with Crippen LogP contribution in [0.1, 0.15) is 138 Å². The molecule has 8 aliphatic rings. The van der Waals surface area contributed by atoms with Gasteiger partial charge in [0.05, 0.1) is 0 Å². The van der Waals surface area contributed by atoms with E-state index in [0.29, 0.717) is 42.3 Å². The number of halogens is 1. The Balaban J connectivity index is 0.000000124. The second kappa shape index (κ2) is 46.2. The van der Waals surface area contributed by atoms with Gasteiger partial charge in [-0.15, -0.1) is 0 Å². The fourth-order valence-electron chi connectivity index (χ4n) is 22.0. The van der Waals surface area contributed by atoms with Crippen molar-refractivity contribution in [3.63, 3.8) is 0 Å². The van der Waals surface area contributed by atoms with Gasteiger partial charge in [0.2, 0.25) is 0 Å². The van der Waals surface area contributed by atoms with E-state index in [9.17, 15) is 4.39 Å². The molecule has 8 aliphatic heterocycles. The van der Waals surface area contributed by atoms with Crippen molar-refractivity contribution in [3.05, 3.63) is 218 Å². The predicted molar refractivity (Wildman–Crippen MR) is 566 cm³/mol. The molecular weight excluding hydrogens is 1650 g/mol. The van der Waals surface area contributed by atoms with Crippen molar-refractivity contribution in [1.82, 2.24) is 75.5 Å². The number of para-hydroxylation sites is 3. The van der Waals surface area contributed by atoms with E-state index in [4.69, 9.17) is 0 Å². The number of H-pyrrole nitrogens is 4. The van der Waals surface area contributed by atoms with Crippen LogP contribution in [-0.4, -0.2) is 292 Å². The molecule has 12 aromatic rings. The molecule has 19 nitrogen and oxygen atoms in total. The third-order valence-corrected chi connectivity index (χ3v) is 31.2. The number of likely N-dealkylation sites (N-methyl/N-ethyl adjacent to an activating group) is 1. The molecule has 1 atom stereocenters. The zero-order chi connectivity index (χ0) is 92.4. The largest absolute Gasteiger partial charge is 0.371 e. The highest BCUT2D eigenvalue weighted by Crippen LogP contribution is 2.37. The van der Waals surface area contributed by atoms with E-state index < -0.39 is 0 Å². The van der Waals surface area contributed by atoms with Gasteiger partial charge in [-0.1, -0.05) is 104 Å². The number of piperazine rings is 3. The number of anilines is 4. The maximum absolute atomic E-state index is 13.6. The first-order valence-corrected chi connectivity index (χ1v) is 51.8. The van der Waals surface area contributed by atoms with Crippen molar-refractivity contribution >= 4 is 66.4 Å². The molecule has 0 amide bonds. The molecule has 8 saturated heterocycles. The van der Waals surface area contributed by atoms with E-state index in [1.807, 2.05) is 6.07 Å². The number of rotatable bonds is 27. The first-order valence-electron chi connectivity index (χ1n) is 51.8. The summed E-state index contributed by atoms with van der Waals surface area (Å²) in [6.07, 6.45) is 14.8. The van der Waals surface area contributed by atoms with Crippen molar-refractivity contribution < 1.29 is 4.39 Å². The molecule has 0 radical (unpaired) electrons. The molecule has 0 bridgehead atoms. The lowest BCUT2D eigenvalue weighted by Crippen LogP contribution is -2.58. The molecule has 134 heavy (non-hydrogen) atoms. The average molecular weight is 1810 g/mol. The molecular formula is C114H158FN19. The maximum atomic E-state index is 13.6. The standard InChI is InChI=1S/C30H43N5.C28H38FN5.C28H39N5.C28H38N4/c1-3-24(2)34-20-18-33(19-21-34)15-7-14-31-27-12-16-35(17-13-27)28-10-6-9-25(22-28)30-23-26-8-4-5-11-29(26)32-30;1-21(2)33-16-14-32(15-17-33)13-10-30-25-8-11-34(12-9-25)26-5-3-4-22(18-26)27-19-23-6-7-24(29)20-28(23)31-27;1-28(2,33-17-15-31(3)16-18-33)21-29-24-11-13-32(14-12-24)25-9-6-8-22(19-25)27-20-23-7-4-5-10-26(23)30-27;1-20(2)31-14-10-23(11-15-31)29-24-12-16-32(17-13-24)25-9-8-21(3)26(19-25)28-18-22-6-4-5-7-27(22)30-28/h4-6,8-11,22-24,27,31-32H,3,7,12-21H2,1-2H3;3-7,18-21,25,30-31H,8-17H2,1-2H3;4-10,19-20,24,29-30H,11-18,21H2,1-3H3;4-9,18-20,23-24,29-30H,10-17H2,1-3H3. The van der Waals surface area contributed by atoms with Gasteiger partial charge in [0.15, 0.2) is 0 Å². The van der Waals surface area contributed by atoms with Gasteiger partial charge in [0.25, 0.3) is 0 Å². The molecule has 20 heteroatoms. The lowest BCUT2D eigenvalue weighted by atomic mass is 9.98. The normalized spacial score (nSPS) is 19.3. The number of aromatic nitrogens is 4. The second-order valence-corrected chi connectivity index (χ2v) is 41.3. The van der Waals surface area contributed by atoms with Crippen LogP contribution in [0.5, 0.6) is 0 Å². The second-order valence-electron chi connectivity index (χ2n) is 41.3.